The predicted octanol–water partition coefficient (Wildman–Crippen LogP) is 4.46. The number of carbonyl (C=O) groups excluding carboxylic acids is 2. The van der Waals surface area contributed by atoms with E-state index in [1.807, 2.05) is 42.6 Å². The van der Waals surface area contributed by atoms with Gasteiger partial charge in [0.15, 0.2) is 18.0 Å². The number of nitrogens with zero attached hydrogens (tertiary/aromatic N) is 7. The summed E-state index contributed by atoms with van der Waals surface area (Å²) in [7, 11) is 1.80. The third-order valence-electron chi connectivity index (χ3n) is 6.49. The monoisotopic (exact) mass is 538 g/mol. The van der Waals surface area contributed by atoms with Crippen molar-refractivity contribution < 1.29 is 14.4 Å². The van der Waals surface area contributed by atoms with Crippen LogP contribution in [0.1, 0.15) is 39.0 Å². The van der Waals surface area contributed by atoms with E-state index < -0.39 is 17.5 Å². The van der Waals surface area contributed by atoms with Crippen molar-refractivity contribution in [2.24, 2.45) is 15.5 Å². The number of oxime groups is 1. The van der Waals surface area contributed by atoms with E-state index in [1.165, 1.54) is 11.3 Å². The van der Waals surface area contributed by atoms with Crippen molar-refractivity contribution in [3.63, 3.8) is 0 Å². The van der Waals surface area contributed by atoms with Crippen molar-refractivity contribution in [2.45, 2.75) is 19.2 Å². The third kappa shape index (κ3) is 4.35. The first-order valence-corrected chi connectivity index (χ1v) is 12.9. The lowest BCUT2D eigenvalue weighted by Crippen LogP contribution is -2.50. The molecule has 1 unspecified atom stereocenters. The summed E-state index contributed by atoms with van der Waals surface area (Å²) in [5, 5.41) is 17.1. The molecule has 0 radical (unpaired) electrons. The quantitative estimate of drug-likeness (QED) is 0.209. The fraction of sp³-hybridized carbons (Fsp3) is 0.148. The smallest absolute Gasteiger partial charge is 0.267 e. The van der Waals surface area contributed by atoms with Crippen molar-refractivity contribution in [1.82, 2.24) is 20.5 Å². The Morgan fingerprint density at radius 2 is 1.69 bits per heavy atom. The number of thiazole rings is 1. The minimum atomic E-state index is -0.975. The van der Waals surface area contributed by atoms with E-state index in [0.29, 0.717) is 28.2 Å². The molecule has 4 heterocycles. The average Bonchev–Trinajstić information content (AvgIpc) is 3.65. The average molecular weight is 539 g/mol. The third-order valence-corrected chi connectivity index (χ3v) is 7.38. The maximum Gasteiger partial charge on any atom is 0.267 e. The number of hydrogen-bond acceptors (Lipinski definition) is 11. The predicted molar refractivity (Wildman–Crippen MR) is 145 cm³/mol. The van der Waals surface area contributed by atoms with Gasteiger partial charge in [-0.2, -0.15) is 5.01 Å². The fourth-order valence-electron chi connectivity index (χ4n) is 4.26. The summed E-state index contributed by atoms with van der Waals surface area (Å²) in [6.45, 7) is 1.84. The summed E-state index contributed by atoms with van der Waals surface area (Å²) < 4.78 is 0. The topological polar surface area (TPSA) is 125 Å². The van der Waals surface area contributed by atoms with Crippen LogP contribution in [0.25, 0.3) is 10.6 Å². The Morgan fingerprint density at radius 1 is 0.974 bits per heavy atom. The van der Waals surface area contributed by atoms with E-state index in [0.717, 1.165) is 15.5 Å². The number of likely N-dealkylation sites (N-methyl/N-ethyl adjacent to an activating group) is 1. The van der Waals surface area contributed by atoms with Crippen molar-refractivity contribution in [3.8, 4) is 10.6 Å². The number of benzene rings is 2. The molecule has 0 fully saturated rings. The van der Waals surface area contributed by atoms with E-state index in [1.54, 1.807) is 54.5 Å². The lowest BCUT2D eigenvalue weighted by atomic mass is 10.0. The van der Waals surface area contributed by atoms with E-state index in [9.17, 15) is 9.59 Å². The molecule has 11 nitrogen and oxygen atoms in total. The van der Waals surface area contributed by atoms with Crippen LogP contribution in [0.15, 0.2) is 93.7 Å². The number of anilines is 1. The molecule has 194 valence electrons. The number of rotatable bonds is 7. The lowest BCUT2D eigenvalue weighted by molar-refractivity contribution is 0.0924. The Morgan fingerprint density at radius 3 is 2.38 bits per heavy atom. The summed E-state index contributed by atoms with van der Waals surface area (Å²) in [6, 6.07) is 21.6. The maximum absolute atomic E-state index is 12.9. The number of hydrazine groups is 1. The Balaban J connectivity index is 1.26. The highest BCUT2D eigenvalue weighted by Gasteiger charge is 2.42. The molecule has 0 saturated carbocycles. The van der Waals surface area contributed by atoms with Crippen LogP contribution in [-0.4, -0.2) is 45.2 Å². The summed E-state index contributed by atoms with van der Waals surface area (Å²) in [5.41, 5.74) is 5.08. The SMILES string of the molecule is CN1NN=NC1(C)/C(=N/OCc1cccc(N2C(=O)c3ccccc3C2=O)n1)c1csc(-c2ccccc2)n1. The van der Waals surface area contributed by atoms with Gasteiger partial charge in [0, 0.05) is 18.0 Å². The highest BCUT2D eigenvalue weighted by molar-refractivity contribution is 7.13. The summed E-state index contributed by atoms with van der Waals surface area (Å²) in [6.07, 6.45) is 0. The standard InChI is InChI=1S/C27H22N8O3S/c1-27(31-32-33-34(27)2)23(21-16-39-24(29-21)17-9-4-3-5-10-17)30-38-15-18-11-8-14-22(28-18)35-25(36)19-12-6-7-13-20(19)26(35)37/h3-14,16H,15H2,1-2H3,(H,31,33)/b30-23+. The summed E-state index contributed by atoms with van der Waals surface area (Å²) in [4.78, 5) is 41.9. The molecule has 2 aliphatic rings. The Bertz CT molecular complexity index is 1600. The van der Waals surface area contributed by atoms with Crippen LogP contribution < -0.4 is 10.4 Å². The van der Waals surface area contributed by atoms with E-state index in [-0.39, 0.29) is 12.4 Å². The molecule has 2 aromatic heterocycles. The van der Waals surface area contributed by atoms with E-state index in [2.05, 4.69) is 26.0 Å². The second-order valence-electron chi connectivity index (χ2n) is 8.98. The molecular formula is C27H22N8O3S. The van der Waals surface area contributed by atoms with Gasteiger partial charge in [-0.25, -0.2) is 20.4 Å². The van der Waals surface area contributed by atoms with Crippen LogP contribution in [0.2, 0.25) is 0 Å². The molecule has 0 aliphatic carbocycles. The molecule has 2 aromatic carbocycles. The van der Waals surface area contributed by atoms with Gasteiger partial charge in [-0.1, -0.05) is 58.9 Å². The number of carbonyl (C=O) groups is 2. The lowest BCUT2D eigenvalue weighted by Gasteiger charge is -2.26. The van der Waals surface area contributed by atoms with Crippen LogP contribution in [0.3, 0.4) is 0 Å². The van der Waals surface area contributed by atoms with Crippen LogP contribution in [-0.2, 0) is 11.4 Å². The molecule has 39 heavy (non-hydrogen) atoms. The zero-order valence-corrected chi connectivity index (χ0v) is 21.8. The van der Waals surface area contributed by atoms with Gasteiger partial charge in [0.05, 0.1) is 16.8 Å². The van der Waals surface area contributed by atoms with Gasteiger partial charge in [0.25, 0.3) is 11.8 Å². The number of pyridine rings is 1. The second kappa shape index (κ2) is 9.82. The molecule has 1 N–H and O–H groups in total. The Hall–Kier alpha value is -4.81. The Labute approximate surface area is 227 Å². The zero-order chi connectivity index (χ0) is 27.0. The number of fused-ring (bicyclic) bond motifs is 1. The highest BCUT2D eigenvalue weighted by Crippen LogP contribution is 2.30. The number of imide groups is 1. The minimum absolute atomic E-state index is 0.0133. The molecule has 6 rings (SSSR count). The van der Waals surface area contributed by atoms with Gasteiger partial charge in [0.1, 0.15) is 16.5 Å². The number of nitrogens with one attached hydrogen (secondary N) is 1. The zero-order valence-electron chi connectivity index (χ0n) is 21.0. The molecule has 0 saturated heterocycles. The van der Waals surface area contributed by atoms with Crippen molar-refractivity contribution in [1.29, 1.82) is 0 Å². The van der Waals surface area contributed by atoms with Gasteiger partial charge in [0.2, 0.25) is 0 Å². The molecule has 1 atom stereocenters. The van der Waals surface area contributed by atoms with Gasteiger partial charge in [-0.05, 0) is 31.2 Å². The molecule has 4 aromatic rings. The normalized spacial score (nSPS) is 18.9. The van der Waals surface area contributed by atoms with Crippen molar-refractivity contribution in [2.75, 3.05) is 11.9 Å². The van der Waals surface area contributed by atoms with Crippen LogP contribution in [0.4, 0.5) is 5.82 Å². The fourth-order valence-corrected chi connectivity index (χ4v) is 5.07. The highest BCUT2D eigenvalue weighted by atomic mass is 32.1. The molecule has 0 spiro atoms. The summed E-state index contributed by atoms with van der Waals surface area (Å²) in [5.74, 6) is -0.595. The number of hydrogen-bond donors (Lipinski definition) is 1. The van der Waals surface area contributed by atoms with Crippen molar-refractivity contribution >= 4 is 34.7 Å². The number of aromatic nitrogens is 2. The minimum Gasteiger partial charge on any atom is -0.389 e. The van der Waals surface area contributed by atoms with Gasteiger partial charge < -0.3 is 4.84 Å². The molecule has 0 bridgehead atoms. The van der Waals surface area contributed by atoms with E-state index in [4.69, 9.17) is 9.82 Å². The molecule has 12 heteroatoms. The largest absolute Gasteiger partial charge is 0.389 e. The van der Waals surface area contributed by atoms with Crippen LogP contribution >= 0.6 is 11.3 Å². The van der Waals surface area contributed by atoms with Crippen LogP contribution in [0, 0.1) is 0 Å². The van der Waals surface area contributed by atoms with E-state index >= 15 is 0 Å². The summed E-state index contributed by atoms with van der Waals surface area (Å²) >= 11 is 1.49. The van der Waals surface area contributed by atoms with Gasteiger partial charge in [-0.15, -0.1) is 16.5 Å². The van der Waals surface area contributed by atoms with Gasteiger partial charge >= 0.3 is 0 Å². The Kier molecular flexibility index (Phi) is 6.17. The molecule has 2 amide bonds. The van der Waals surface area contributed by atoms with Crippen molar-refractivity contribution in [3.05, 3.63) is 101 Å². The molecule has 2 aliphatic heterocycles. The first kappa shape index (κ1) is 24.5. The maximum atomic E-state index is 12.9. The van der Waals surface area contributed by atoms with Crippen LogP contribution in [0.5, 0.6) is 0 Å². The van der Waals surface area contributed by atoms with Gasteiger partial charge in [-0.3, -0.25) is 9.59 Å². The second-order valence-corrected chi connectivity index (χ2v) is 9.83. The first-order valence-electron chi connectivity index (χ1n) is 12.0. The molecular weight excluding hydrogens is 516 g/mol. The number of amides is 2. The first-order chi connectivity index (χ1) is 19.0.